The Morgan fingerprint density at radius 3 is 2.50 bits per heavy atom. The van der Waals surface area contributed by atoms with Gasteiger partial charge in [-0.15, -0.1) is 0 Å². The molecular weight excluding hydrogens is 150 g/mol. The van der Waals surface area contributed by atoms with E-state index in [1.165, 1.54) is 5.69 Å². The number of hydrogen-bond acceptors (Lipinski definition) is 1. The summed E-state index contributed by atoms with van der Waals surface area (Å²) in [4.78, 5) is 0. The van der Waals surface area contributed by atoms with Gasteiger partial charge in [0.25, 0.3) is 0 Å². The van der Waals surface area contributed by atoms with Crippen LogP contribution in [0.1, 0.15) is 19.5 Å². The first-order valence-corrected chi connectivity index (χ1v) is 4.43. The Morgan fingerprint density at radius 1 is 1.42 bits per heavy atom. The lowest BCUT2D eigenvalue weighted by Crippen LogP contribution is -1.99. The van der Waals surface area contributed by atoms with E-state index in [4.69, 9.17) is 4.74 Å². The number of nitrogens with zero attached hydrogens (tertiary/aromatic N) is 1. The zero-order valence-electron chi connectivity index (χ0n) is 8.50. The average molecular weight is 169 g/mol. The molecule has 0 radical (unpaired) electrons. The van der Waals surface area contributed by atoms with Crippen LogP contribution in [0.4, 0.5) is 0 Å². The third kappa shape index (κ3) is 3.58. The minimum Gasteiger partial charge on any atom is -0.384 e. The molecule has 0 aliphatic heterocycles. The second-order valence-corrected chi connectivity index (χ2v) is 2.35. The summed E-state index contributed by atoms with van der Waals surface area (Å²) in [5, 5.41) is 0. The van der Waals surface area contributed by atoms with Gasteiger partial charge in [0.15, 0.2) is 0 Å². The number of aryl methyl sites for hydroxylation is 1. The summed E-state index contributed by atoms with van der Waals surface area (Å²) in [5.41, 5.74) is 1.32. The zero-order valence-corrected chi connectivity index (χ0v) is 8.50. The van der Waals surface area contributed by atoms with Crippen molar-refractivity contribution < 1.29 is 4.74 Å². The van der Waals surface area contributed by atoms with Crippen LogP contribution >= 0.6 is 0 Å². The topological polar surface area (TPSA) is 14.2 Å². The van der Waals surface area contributed by atoms with Gasteiger partial charge in [-0.3, -0.25) is 0 Å². The van der Waals surface area contributed by atoms with E-state index >= 15 is 0 Å². The fourth-order valence-electron chi connectivity index (χ4n) is 0.963. The molecule has 0 aliphatic carbocycles. The molecular formula is C10H19NO. The molecule has 0 saturated heterocycles. The third-order valence-electron chi connectivity index (χ3n) is 1.61. The van der Waals surface area contributed by atoms with E-state index in [1.807, 2.05) is 33.2 Å². The second kappa shape index (κ2) is 6.92. The molecule has 0 fully saturated rings. The maximum Gasteiger partial charge on any atom is 0.0517 e. The van der Waals surface area contributed by atoms with Crippen molar-refractivity contribution >= 4 is 0 Å². The first-order chi connectivity index (χ1) is 5.84. The van der Waals surface area contributed by atoms with Gasteiger partial charge in [-0.05, 0) is 12.1 Å². The monoisotopic (exact) mass is 169 g/mol. The molecule has 2 nitrogen and oxygen atoms in total. The van der Waals surface area contributed by atoms with Gasteiger partial charge in [0.05, 0.1) is 6.61 Å². The van der Waals surface area contributed by atoms with Crippen molar-refractivity contribution in [1.29, 1.82) is 0 Å². The molecule has 1 aromatic rings. The smallest absolute Gasteiger partial charge is 0.0517 e. The molecule has 0 atom stereocenters. The van der Waals surface area contributed by atoms with Gasteiger partial charge < -0.3 is 9.30 Å². The predicted molar refractivity (Wildman–Crippen MR) is 52.3 cm³/mol. The van der Waals surface area contributed by atoms with E-state index in [1.54, 1.807) is 7.11 Å². The minimum atomic E-state index is 0.803. The first-order valence-electron chi connectivity index (χ1n) is 4.43. The van der Waals surface area contributed by atoms with E-state index in [-0.39, 0.29) is 0 Å². The van der Waals surface area contributed by atoms with Gasteiger partial charge in [-0.2, -0.15) is 0 Å². The summed E-state index contributed by atoms with van der Waals surface area (Å²) in [6, 6.07) is 4.16. The van der Waals surface area contributed by atoms with Crippen LogP contribution in [0.2, 0.25) is 0 Å². The van der Waals surface area contributed by atoms with Gasteiger partial charge in [0.2, 0.25) is 0 Å². The highest BCUT2D eigenvalue weighted by Crippen LogP contribution is 1.99. The first kappa shape index (κ1) is 11.2. The zero-order chi connectivity index (χ0) is 9.40. The molecule has 0 saturated carbocycles. The highest BCUT2D eigenvalue weighted by molar-refractivity contribution is 5.06. The molecule has 2 heteroatoms. The summed E-state index contributed by atoms with van der Waals surface area (Å²) in [6.07, 6.45) is 3.05. The van der Waals surface area contributed by atoms with Crippen molar-refractivity contribution in [2.24, 2.45) is 7.05 Å². The Kier molecular flexibility index (Phi) is 6.48. The van der Waals surface area contributed by atoms with Gasteiger partial charge in [-0.25, -0.2) is 0 Å². The van der Waals surface area contributed by atoms with Crippen molar-refractivity contribution in [1.82, 2.24) is 4.57 Å². The van der Waals surface area contributed by atoms with Crippen molar-refractivity contribution in [3.05, 3.63) is 24.0 Å². The fraction of sp³-hybridized carbons (Fsp3) is 0.600. The number of ether oxygens (including phenoxy) is 1. The van der Waals surface area contributed by atoms with Crippen LogP contribution in [0.15, 0.2) is 18.3 Å². The quantitative estimate of drug-likeness (QED) is 0.677. The number of rotatable bonds is 3. The third-order valence-corrected chi connectivity index (χ3v) is 1.61. The normalized spacial score (nSPS) is 9.00. The lowest BCUT2D eigenvalue weighted by Gasteiger charge is -2.00. The minimum absolute atomic E-state index is 0.803. The SMILES string of the molecule is CC.COCCc1cccn1C. The predicted octanol–water partition coefficient (Wildman–Crippen LogP) is 2.24. The van der Waals surface area contributed by atoms with E-state index in [2.05, 4.69) is 10.6 Å². The fourth-order valence-corrected chi connectivity index (χ4v) is 0.963. The second-order valence-electron chi connectivity index (χ2n) is 2.35. The Balaban J connectivity index is 0.000000561. The lowest BCUT2D eigenvalue weighted by molar-refractivity contribution is 0.201. The van der Waals surface area contributed by atoms with Crippen LogP contribution in [0, 0.1) is 0 Å². The van der Waals surface area contributed by atoms with Crippen molar-refractivity contribution in [3.8, 4) is 0 Å². The Bertz CT molecular complexity index is 193. The largest absolute Gasteiger partial charge is 0.384 e. The van der Waals surface area contributed by atoms with Crippen LogP contribution in [-0.2, 0) is 18.2 Å². The highest BCUT2D eigenvalue weighted by atomic mass is 16.5. The van der Waals surface area contributed by atoms with Crippen molar-refractivity contribution in [3.63, 3.8) is 0 Å². The number of aromatic nitrogens is 1. The van der Waals surface area contributed by atoms with E-state index in [0.29, 0.717) is 0 Å². The number of methoxy groups -OCH3 is 1. The van der Waals surface area contributed by atoms with Gasteiger partial charge in [0.1, 0.15) is 0 Å². The van der Waals surface area contributed by atoms with Crippen LogP contribution < -0.4 is 0 Å². The standard InChI is InChI=1S/C8H13NO.C2H6/c1-9-6-3-4-8(9)5-7-10-2;1-2/h3-4,6H,5,7H2,1-2H3;1-2H3. The van der Waals surface area contributed by atoms with Gasteiger partial charge >= 0.3 is 0 Å². The molecule has 1 heterocycles. The maximum absolute atomic E-state index is 4.96. The summed E-state index contributed by atoms with van der Waals surface area (Å²) in [5.74, 6) is 0. The molecule has 70 valence electrons. The Labute approximate surface area is 75.2 Å². The molecule has 0 N–H and O–H groups in total. The van der Waals surface area contributed by atoms with Crippen molar-refractivity contribution in [2.45, 2.75) is 20.3 Å². The van der Waals surface area contributed by atoms with Gasteiger partial charge in [0, 0.05) is 32.5 Å². The average Bonchev–Trinajstić information content (AvgIpc) is 2.51. The molecule has 0 bridgehead atoms. The molecule has 0 aromatic carbocycles. The molecule has 0 amide bonds. The maximum atomic E-state index is 4.96. The Hall–Kier alpha value is -0.760. The van der Waals surface area contributed by atoms with E-state index < -0.39 is 0 Å². The van der Waals surface area contributed by atoms with Crippen LogP contribution in [-0.4, -0.2) is 18.3 Å². The molecule has 1 rings (SSSR count). The number of hydrogen-bond donors (Lipinski definition) is 0. The lowest BCUT2D eigenvalue weighted by atomic mass is 10.3. The van der Waals surface area contributed by atoms with Crippen LogP contribution in [0.3, 0.4) is 0 Å². The van der Waals surface area contributed by atoms with Crippen LogP contribution in [0.25, 0.3) is 0 Å². The summed E-state index contributed by atoms with van der Waals surface area (Å²) < 4.78 is 7.07. The van der Waals surface area contributed by atoms with Crippen molar-refractivity contribution in [2.75, 3.05) is 13.7 Å². The molecule has 0 unspecified atom stereocenters. The van der Waals surface area contributed by atoms with Gasteiger partial charge in [-0.1, -0.05) is 13.8 Å². The van der Waals surface area contributed by atoms with Crippen LogP contribution in [0.5, 0.6) is 0 Å². The summed E-state index contributed by atoms with van der Waals surface area (Å²) in [6.45, 7) is 4.80. The molecule has 0 spiro atoms. The summed E-state index contributed by atoms with van der Waals surface area (Å²) >= 11 is 0. The summed E-state index contributed by atoms with van der Waals surface area (Å²) in [7, 11) is 3.77. The molecule has 1 aromatic heterocycles. The van der Waals surface area contributed by atoms with E-state index in [0.717, 1.165) is 13.0 Å². The Morgan fingerprint density at radius 2 is 2.08 bits per heavy atom. The van der Waals surface area contributed by atoms with E-state index in [9.17, 15) is 0 Å². The molecule has 0 aliphatic rings. The highest BCUT2D eigenvalue weighted by Gasteiger charge is 1.94. The molecule has 12 heavy (non-hydrogen) atoms.